The number of halogens is 2. The molecule has 0 saturated carbocycles. The predicted molar refractivity (Wildman–Crippen MR) is 74.4 cm³/mol. The van der Waals surface area contributed by atoms with Crippen molar-refractivity contribution < 1.29 is 8.78 Å². The van der Waals surface area contributed by atoms with Gasteiger partial charge in [0, 0.05) is 11.6 Å². The summed E-state index contributed by atoms with van der Waals surface area (Å²) >= 11 is 0. The second-order valence-corrected chi connectivity index (χ2v) is 4.36. The van der Waals surface area contributed by atoms with Gasteiger partial charge in [-0.2, -0.15) is 5.10 Å². The number of hydrogen-bond acceptors (Lipinski definition) is 3. The van der Waals surface area contributed by atoms with Crippen LogP contribution >= 0.6 is 0 Å². The molecule has 0 aliphatic carbocycles. The Morgan fingerprint density at radius 1 is 1.00 bits per heavy atom. The zero-order valence-corrected chi connectivity index (χ0v) is 10.7. The quantitative estimate of drug-likeness (QED) is 0.676. The average Bonchev–Trinajstić information content (AvgIpc) is 2.96. The molecule has 3 rings (SSSR count). The fourth-order valence-corrected chi connectivity index (χ4v) is 2.06. The van der Waals surface area contributed by atoms with Crippen LogP contribution in [0.1, 0.15) is 0 Å². The number of nitrogens with zero attached hydrogens (tertiary/aromatic N) is 3. The first-order chi connectivity index (χ1) is 10.2. The zero-order valence-electron chi connectivity index (χ0n) is 10.7. The van der Waals surface area contributed by atoms with Crippen LogP contribution in [0.15, 0.2) is 59.9 Å². The number of benzene rings is 2. The molecule has 0 spiro atoms. The molecule has 0 N–H and O–H groups in total. The highest BCUT2D eigenvalue weighted by molar-refractivity contribution is 5.64. The molecule has 104 valence electrons. The van der Waals surface area contributed by atoms with Gasteiger partial charge in [-0.05, 0) is 35.5 Å². The summed E-state index contributed by atoms with van der Waals surface area (Å²) in [5.74, 6) is -1.35. The van der Waals surface area contributed by atoms with Crippen LogP contribution in [0, 0.1) is 16.5 Å². The first-order valence-electron chi connectivity index (χ1n) is 6.12. The van der Waals surface area contributed by atoms with Gasteiger partial charge >= 0.3 is 0 Å². The third-order valence-electron chi connectivity index (χ3n) is 3.05. The Hall–Kier alpha value is -2.89. The molecule has 1 heterocycles. The second kappa shape index (κ2) is 5.24. The van der Waals surface area contributed by atoms with Gasteiger partial charge in [0.25, 0.3) is 0 Å². The van der Waals surface area contributed by atoms with E-state index in [1.165, 1.54) is 23.0 Å². The summed E-state index contributed by atoms with van der Waals surface area (Å²) in [4.78, 5) is 10.4. The van der Waals surface area contributed by atoms with Crippen LogP contribution in [0.25, 0.3) is 16.9 Å². The summed E-state index contributed by atoms with van der Waals surface area (Å²) in [6.45, 7) is 0. The van der Waals surface area contributed by atoms with Crippen molar-refractivity contribution in [3.05, 3.63) is 71.3 Å². The summed E-state index contributed by atoms with van der Waals surface area (Å²) < 4.78 is 28.2. The first kappa shape index (κ1) is 13.1. The highest BCUT2D eigenvalue weighted by Crippen LogP contribution is 2.26. The average molecular weight is 285 g/mol. The van der Waals surface area contributed by atoms with Crippen LogP contribution in [0.3, 0.4) is 0 Å². The van der Waals surface area contributed by atoms with Gasteiger partial charge in [-0.1, -0.05) is 12.1 Å². The van der Waals surface area contributed by atoms with Crippen molar-refractivity contribution in [2.45, 2.75) is 0 Å². The van der Waals surface area contributed by atoms with Crippen molar-refractivity contribution in [1.82, 2.24) is 9.78 Å². The topological polar surface area (TPSA) is 47.2 Å². The Balaban J connectivity index is 2.09. The number of hydrogen-bond donors (Lipinski definition) is 0. The lowest BCUT2D eigenvalue weighted by Crippen LogP contribution is -2.02. The van der Waals surface area contributed by atoms with Gasteiger partial charge in [0.05, 0.1) is 11.9 Å². The second-order valence-electron chi connectivity index (χ2n) is 4.36. The summed E-state index contributed by atoms with van der Waals surface area (Å²) in [5.41, 5.74) is 1.81. The van der Waals surface area contributed by atoms with Crippen molar-refractivity contribution in [2.24, 2.45) is 5.18 Å². The molecule has 4 nitrogen and oxygen atoms in total. The standard InChI is InChI=1S/C15H9F2N3O/c16-11-3-6-15(13(17)9-11)20-14(7-8-18-20)10-1-4-12(19-21)5-2-10/h1-9H. The molecule has 0 radical (unpaired) electrons. The van der Waals surface area contributed by atoms with E-state index < -0.39 is 11.6 Å². The third-order valence-corrected chi connectivity index (χ3v) is 3.05. The highest BCUT2D eigenvalue weighted by Gasteiger charge is 2.12. The number of aromatic nitrogens is 2. The van der Waals surface area contributed by atoms with E-state index in [2.05, 4.69) is 10.3 Å². The van der Waals surface area contributed by atoms with Gasteiger partial charge in [0.15, 0.2) is 5.82 Å². The minimum Gasteiger partial charge on any atom is -0.230 e. The largest absolute Gasteiger partial charge is 0.230 e. The molecular weight excluding hydrogens is 276 g/mol. The fourth-order valence-electron chi connectivity index (χ4n) is 2.06. The van der Waals surface area contributed by atoms with Crippen LogP contribution in [0.5, 0.6) is 0 Å². The Kier molecular flexibility index (Phi) is 3.27. The Morgan fingerprint density at radius 3 is 2.43 bits per heavy atom. The summed E-state index contributed by atoms with van der Waals surface area (Å²) in [5, 5.41) is 6.89. The molecule has 0 saturated heterocycles. The minimum absolute atomic E-state index is 0.147. The van der Waals surface area contributed by atoms with Crippen LogP contribution in [0.2, 0.25) is 0 Å². The molecule has 2 aromatic carbocycles. The number of rotatable bonds is 3. The maximum Gasteiger partial charge on any atom is 0.151 e. The van der Waals surface area contributed by atoms with Gasteiger partial charge < -0.3 is 0 Å². The van der Waals surface area contributed by atoms with Gasteiger partial charge in [0.2, 0.25) is 0 Å². The van der Waals surface area contributed by atoms with E-state index in [9.17, 15) is 13.7 Å². The predicted octanol–water partition coefficient (Wildman–Crippen LogP) is 4.22. The van der Waals surface area contributed by atoms with Crippen molar-refractivity contribution in [2.75, 3.05) is 0 Å². The maximum atomic E-state index is 13.9. The van der Waals surface area contributed by atoms with E-state index in [-0.39, 0.29) is 5.69 Å². The van der Waals surface area contributed by atoms with Gasteiger partial charge in [-0.25, -0.2) is 13.5 Å². The van der Waals surface area contributed by atoms with Crippen molar-refractivity contribution in [3.8, 4) is 16.9 Å². The maximum absolute atomic E-state index is 13.9. The molecule has 0 aliphatic rings. The molecule has 6 heteroatoms. The van der Waals surface area contributed by atoms with Crippen LogP contribution < -0.4 is 0 Å². The van der Waals surface area contributed by atoms with E-state index in [1.54, 1.807) is 30.3 Å². The Bertz CT molecular complexity index is 797. The molecule has 0 unspecified atom stereocenters. The van der Waals surface area contributed by atoms with Gasteiger partial charge in [0.1, 0.15) is 17.2 Å². The van der Waals surface area contributed by atoms with Crippen molar-refractivity contribution >= 4 is 5.69 Å². The van der Waals surface area contributed by atoms with E-state index in [0.717, 1.165) is 11.6 Å². The smallest absolute Gasteiger partial charge is 0.151 e. The van der Waals surface area contributed by atoms with Gasteiger partial charge in [-0.3, -0.25) is 0 Å². The summed E-state index contributed by atoms with van der Waals surface area (Å²) in [7, 11) is 0. The highest BCUT2D eigenvalue weighted by atomic mass is 19.1. The number of nitroso groups, excluding NO2 is 1. The third kappa shape index (κ3) is 2.43. The van der Waals surface area contributed by atoms with Crippen molar-refractivity contribution in [1.29, 1.82) is 0 Å². The van der Waals surface area contributed by atoms with E-state index in [4.69, 9.17) is 0 Å². The Labute approximate surface area is 118 Å². The fraction of sp³-hybridized carbons (Fsp3) is 0. The molecule has 0 amide bonds. The first-order valence-corrected chi connectivity index (χ1v) is 6.12. The summed E-state index contributed by atoms with van der Waals surface area (Å²) in [6.07, 6.45) is 1.52. The van der Waals surface area contributed by atoms with Crippen molar-refractivity contribution in [3.63, 3.8) is 0 Å². The Morgan fingerprint density at radius 2 is 1.76 bits per heavy atom. The molecule has 3 aromatic rings. The monoisotopic (exact) mass is 285 g/mol. The van der Waals surface area contributed by atoms with Crippen LogP contribution in [-0.4, -0.2) is 9.78 Å². The lowest BCUT2D eigenvalue weighted by molar-refractivity contribution is 0.574. The molecule has 21 heavy (non-hydrogen) atoms. The lowest BCUT2D eigenvalue weighted by Gasteiger charge is -2.08. The zero-order chi connectivity index (χ0) is 14.8. The van der Waals surface area contributed by atoms with E-state index in [0.29, 0.717) is 11.4 Å². The SMILES string of the molecule is O=Nc1ccc(-c2ccnn2-c2ccc(F)cc2F)cc1. The molecule has 0 bridgehead atoms. The molecule has 0 atom stereocenters. The van der Waals surface area contributed by atoms with Crippen LogP contribution in [0.4, 0.5) is 14.5 Å². The van der Waals surface area contributed by atoms with E-state index in [1.807, 2.05) is 0 Å². The summed E-state index contributed by atoms with van der Waals surface area (Å²) in [6, 6.07) is 11.5. The molecule has 0 aliphatic heterocycles. The molecule has 1 aromatic heterocycles. The molecule has 0 fully saturated rings. The lowest BCUT2D eigenvalue weighted by atomic mass is 10.1. The normalized spacial score (nSPS) is 10.6. The molecular formula is C15H9F2N3O. The minimum atomic E-state index is -0.703. The van der Waals surface area contributed by atoms with Crippen LogP contribution in [-0.2, 0) is 0 Å². The van der Waals surface area contributed by atoms with Gasteiger partial charge in [-0.15, -0.1) is 4.91 Å². The van der Waals surface area contributed by atoms with E-state index >= 15 is 0 Å².